The van der Waals surface area contributed by atoms with Crippen LogP contribution in [-0.4, -0.2) is 31.2 Å². The molecule has 0 bridgehead atoms. The fourth-order valence-electron chi connectivity index (χ4n) is 1.61. The average Bonchev–Trinajstić information content (AvgIpc) is 2.32. The number of hydrogen-bond acceptors (Lipinski definition) is 2. The van der Waals surface area contributed by atoms with E-state index < -0.39 is 0 Å². The van der Waals surface area contributed by atoms with Gasteiger partial charge >= 0.3 is 6.09 Å². The Labute approximate surface area is 80.1 Å². The summed E-state index contributed by atoms with van der Waals surface area (Å²) in [5.41, 5.74) is 0. The summed E-state index contributed by atoms with van der Waals surface area (Å²) in [5, 5.41) is 0. The molecule has 0 saturated heterocycles. The maximum Gasteiger partial charge on any atom is 0.409 e. The Morgan fingerprint density at radius 1 is 1.15 bits per heavy atom. The Balaban J connectivity index is 2.29. The van der Waals surface area contributed by atoms with Crippen LogP contribution in [0.3, 0.4) is 0 Å². The summed E-state index contributed by atoms with van der Waals surface area (Å²) in [6.45, 7) is 0. The van der Waals surface area contributed by atoms with Gasteiger partial charge in [-0.2, -0.15) is 0 Å². The van der Waals surface area contributed by atoms with Gasteiger partial charge in [0.05, 0.1) is 0 Å². The summed E-state index contributed by atoms with van der Waals surface area (Å²) in [6, 6.07) is 0. The van der Waals surface area contributed by atoms with Crippen LogP contribution >= 0.6 is 0 Å². The summed E-state index contributed by atoms with van der Waals surface area (Å²) in [4.78, 5) is 12.7. The second-order valence-electron chi connectivity index (χ2n) is 3.89. The van der Waals surface area contributed by atoms with Crippen molar-refractivity contribution in [3.05, 3.63) is 0 Å². The standard InChI is InChI=1S/C10H19NO2/c1-11(2)10(12)13-9-7-5-3-4-6-8-9/h9H,3-8H2,1-2H3. The van der Waals surface area contributed by atoms with Crippen molar-refractivity contribution in [1.82, 2.24) is 4.90 Å². The van der Waals surface area contributed by atoms with Crippen LogP contribution < -0.4 is 0 Å². The topological polar surface area (TPSA) is 29.5 Å². The van der Waals surface area contributed by atoms with Crippen molar-refractivity contribution in [1.29, 1.82) is 0 Å². The van der Waals surface area contributed by atoms with Crippen molar-refractivity contribution in [3.63, 3.8) is 0 Å². The van der Waals surface area contributed by atoms with Crippen LogP contribution in [0.2, 0.25) is 0 Å². The zero-order valence-corrected chi connectivity index (χ0v) is 8.58. The van der Waals surface area contributed by atoms with Crippen LogP contribution in [0.5, 0.6) is 0 Å². The monoisotopic (exact) mass is 185 g/mol. The van der Waals surface area contributed by atoms with Gasteiger partial charge in [-0.3, -0.25) is 0 Å². The summed E-state index contributed by atoms with van der Waals surface area (Å²) in [5.74, 6) is 0. The quantitative estimate of drug-likeness (QED) is 0.587. The van der Waals surface area contributed by atoms with E-state index >= 15 is 0 Å². The van der Waals surface area contributed by atoms with Crippen LogP contribution in [0.15, 0.2) is 0 Å². The van der Waals surface area contributed by atoms with E-state index in [-0.39, 0.29) is 12.2 Å². The molecule has 0 atom stereocenters. The van der Waals surface area contributed by atoms with Gasteiger partial charge in [0.2, 0.25) is 0 Å². The lowest BCUT2D eigenvalue weighted by Crippen LogP contribution is -2.27. The Bertz CT molecular complexity index is 160. The minimum Gasteiger partial charge on any atom is -0.446 e. The molecule has 1 rings (SSSR count). The number of carbonyl (C=O) groups is 1. The lowest BCUT2D eigenvalue weighted by Gasteiger charge is -2.18. The smallest absolute Gasteiger partial charge is 0.409 e. The third kappa shape index (κ3) is 3.66. The highest BCUT2D eigenvalue weighted by molar-refractivity contribution is 5.66. The highest BCUT2D eigenvalue weighted by Gasteiger charge is 2.17. The maximum atomic E-state index is 11.2. The number of hydrogen-bond donors (Lipinski definition) is 0. The molecule has 0 aromatic carbocycles. The van der Waals surface area contributed by atoms with Crippen molar-refractivity contribution < 1.29 is 9.53 Å². The van der Waals surface area contributed by atoms with Crippen molar-refractivity contribution in [2.24, 2.45) is 0 Å². The second kappa shape index (κ2) is 5.10. The van der Waals surface area contributed by atoms with Gasteiger partial charge in [-0.1, -0.05) is 12.8 Å². The Hall–Kier alpha value is -0.730. The summed E-state index contributed by atoms with van der Waals surface area (Å²) in [6.07, 6.45) is 7.02. The first-order chi connectivity index (χ1) is 6.20. The van der Waals surface area contributed by atoms with E-state index in [0.29, 0.717) is 0 Å². The largest absolute Gasteiger partial charge is 0.446 e. The molecule has 1 amide bonds. The molecule has 0 aliphatic heterocycles. The third-order valence-corrected chi connectivity index (χ3v) is 2.43. The van der Waals surface area contributed by atoms with Gasteiger partial charge in [-0.25, -0.2) is 4.79 Å². The zero-order chi connectivity index (χ0) is 9.68. The van der Waals surface area contributed by atoms with E-state index in [0.717, 1.165) is 12.8 Å². The van der Waals surface area contributed by atoms with E-state index in [4.69, 9.17) is 4.74 Å². The van der Waals surface area contributed by atoms with E-state index in [2.05, 4.69) is 0 Å². The summed E-state index contributed by atoms with van der Waals surface area (Å²) in [7, 11) is 3.44. The summed E-state index contributed by atoms with van der Waals surface area (Å²) < 4.78 is 5.32. The molecule has 0 spiro atoms. The van der Waals surface area contributed by atoms with Crippen LogP contribution in [0.1, 0.15) is 38.5 Å². The SMILES string of the molecule is CN(C)C(=O)OC1CCCCCC1. The maximum absolute atomic E-state index is 11.2. The number of ether oxygens (including phenoxy) is 1. The Morgan fingerprint density at radius 3 is 2.15 bits per heavy atom. The van der Waals surface area contributed by atoms with E-state index in [1.165, 1.54) is 30.6 Å². The number of carbonyl (C=O) groups excluding carboxylic acids is 1. The summed E-state index contributed by atoms with van der Waals surface area (Å²) >= 11 is 0. The van der Waals surface area contributed by atoms with Gasteiger partial charge < -0.3 is 9.64 Å². The Kier molecular flexibility index (Phi) is 4.06. The molecular weight excluding hydrogens is 166 g/mol. The van der Waals surface area contributed by atoms with Crippen LogP contribution in [0, 0.1) is 0 Å². The lowest BCUT2D eigenvalue weighted by molar-refractivity contribution is 0.0672. The molecule has 0 radical (unpaired) electrons. The van der Waals surface area contributed by atoms with E-state index in [1.807, 2.05) is 0 Å². The molecule has 3 heteroatoms. The lowest BCUT2D eigenvalue weighted by atomic mass is 10.2. The third-order valence-electron chi connectivity index (χ3n) is 2.43. The molecule has 1 aliphatic carbocycles. The number of nitrogens with zero attached hydrogens (tertiary/aromatic N) is 1. The van der Waals surface area contributed by atoms with Crippen LogP contribution in [-0.2, 0) is 4.74 Å². The Morgan fingerprint density at radius 2 is 1.69 bits per heavy atom. The van der Waals surface area contributed by atoms with Gasteiger partial charge in [0.1, 0.15) is 6.10 Å². The van der Waals surface area contributed by atoms with Gasteiger partial charge in [0, 0.05) is 14.1 Å². The van der Waals surface area contributed by atoms with Gasteiger partial charge in [-0.15, -0.1) is 0 Å². The van der Waals surface area contributed by atoms with Crippen molar-refractivity contribution >= 4 is 6.09 Å². The first-order valence-corrected chi connectivity index (χ1v) is 5.08. The first kappa shape index (κ1) is 10.4. The molecule has 1 aliphatic rings. The molecule has 3 nitrogen and oxygen atoms in total. The minimum atomic E-state index is -0.202. The normalized spacial score (nSPS) is 19.2. The fraction of sp³-hybridized carbons (Fsp3) is 0.900. The molecule has 13 heavy (non-hydrogen) atoms. The number of rotatable bonds is 1. The predicted octanol–water partition coefficient (Wildman–Crippen LogP) is 2.41. The van der Waals surface area contributed by atoms with Crippen molar-refractivity contribution in [2.45, 2.75) is 44.6 Å². The van der Waals surface area contributed by atoms with Gasteiger partial charge in [-0.05, 0) is 25.7 Å². The number of amides is 1. The molecule has 76 valence electrons. The van der Waals surface area contributed by atoms with Crippen LogP contribution in [0.4, 0.5) is 4.79 Å². The highest BCUT2D eigenvalue weighted by Crippen LogP contribution is 2.20. The molecule has 0 N–H and O–H groups in total. The zero-order valence-electron chi connectivity index (χ0n) is 8.58. The molecule has 0 aromatic rings. The molecule has 0 aromatic heterocycles. The van der Waals surface area contributed by atoms with E-state index in [9.17, 15) is 4.79 Å². The molecule has 0 heterocycles. The van der Waals surface area contributed by atoms with Crippen molar-refractivity contribution in [3.8, 4) is 0 Å². The minimum absolute atomic E-state index is 0.164. The average molecular weight is 185 g/mol. The first-order valence-electron chi connectivity index (χ1n) is 5.08. The molecule has 1 saturated carbocycles. The van der Waals surface area contributed by atoms with Crippen molar-refractivity contribution in [2.75, 3.05) is 14.1 Å². The predicted molar refractivity (Wildman–Crippen MR) is 51.7 cm³/mol. The molecule has 0 unspecified atom stereocenters. The van der Waals surface area contributed by atoms with E-state index in [1.54, 1.807) is 14.1 Å². The second-order valence-corrected chi connectivity index (χ2v) is 3.89. The van der Waals surface area contributed by atoms with Gasteiger partial charge in [0.15, 0.2) is 0 Å². The molecular formula is C10H19NO2. The highest BCUT2D eigenvalue weighted by atomic mass is 16.6. The molecule has 1 fully saturated rings. The fourth-order valence-corrected chi connectivity index (χ4v) is 1.61. The van der Waals surface area contributed by atoms with Gasteiger partial charge in [0.25, 0.3) is 0 Å². The van der Waals surface area contributed by atoms with Crippen LogP contribution in [0.25, 0.3) is 0 Å².